The van der Waals surface area contributed by atoms with Crippen LogP contribution in [-0.4, -0.2) is 39.5 Å². The molecule has 6 heteroatoms. The predicted octanol–water partition coefficient (Wildman–Crippen LogP) is 0.828. The van der Waals surface area contributed by atoms with Crippen LogP contribution in [0.4, 0.5) is 0 Å². The molecule has 0 aromatic heterocycles. The van der Waals surface area contributed by atoms with Crippen molar-refractivity contribution in [3.8, 4) is 0 Å². The highest BCUT2D eigenvalue weighted by Gasteiger charge is 2.18. The molecule has 0 atom stereocenters. The first-order chi connectivity index (χ1) is 9.53. The summed E-state index contributed by atoms with van der Waals surface area (Å²) < 4.78 is 27.3. The molecule has 0 spiro atoms. The van der Waals surface area contributed by atoms with Crippen molar-refractivity contribution in [2.45, 2.75) is 31.2 Å². The Morgan fingerprint density at radius 2 is 2.00 bits per heavy atom. The summed E-state index contributed by atoms with van der Waals surface area (Å²) in [5.74, 6) is 0. The SMILES string of the molecule is Cc1ccc(CN)cc1S(=O)(=O)NCCN1CCCC1. The quantitative estimate of drug-likeness (QED) is 0.815. The second-order valence-electron chi connectivity index (χ2n) is 5.25. The highest BCUT2D eigenvalue weighted by atomic mass is 32.2. The third-order valence-corrected chi connectivity index (χ3v) is 5.30. The van der Waals surface area contributed by atoms with Gasteiger partial charge in [-0.1, -0.05) is 12.1 Å². The van der Waals surface area contributed by atoms with Gasteiger partial charge in [-0.25, -0.2) is 13.1 Å². The van der Waals surface area contributed by atoms with Gasteiger partial charge in [0.25, 0.3) is 0 Å². The maximum Gasteiger partial charge on any atom is 0.240 e. The molecule has 5 nitrogen and oxygen atoms in total. The minimum Gasteiger partial charge on any atom is -0.326 e. The maximum absolute atomic E-state index is 12.3. The van der Waals surface area contributed by atoms with Crippen molar-refractivity contribution in [3.63, 3.8) is 0 Å². The van der Waals surface area contributed by atoms with Crippen molar-refractivity contribution >= 4 is 10.0 Å². The van der Waals surface area contributed by atoms with Gasteiger partial charge in [0.2, 0.25) is 10.0 Å². The molecule has 0 aliphatic carbocycles. The lowest BCUT2D eigenvalue weighted by Crippen LogP contribution is -2.33. The molecule has 1 saturated heterocycles. The van der Waals surface area contributed by atoms with Crippen LogP contribution in [0.3, 0.4) is 0 Å². The van der Waals surface area contributed by atoms with E-state index in [-0.39, 0.29) is 0 Å². The molecule has 20 heavy (non-hydrogen) atoms. The number of hydrogen-bond acceptors (Lipinski definition) is 4. The Kier molecular flexibility index (Phi) is 5.15. The molecule has 1 heterocycles. The Labute approximate surface area is 121 Å². The summed E-state index contributed by atoms with van der Waals surface area (Å²) in [6.45, 7) is 5.52. The summed E-state index contributed by atoms with van der Waals surface area (Å²) in [6, 6.07) is 5.32. The van der Waals surface area contributed by atoms with Crippen molar-refractivity contribution in [2.24, 2.45) is 5.73 Å². The summed E-state index contributed by atoms with van der Waals surface area (Å²) in [4.78, 5) is 2.62. The molecule has 0 amide bonds. The van der Waals surface area contributed by atoms with Gasteiger partial charge in [0.1, 0.15) is 0 Å². The fourth-order valence-corrected chi connectivity index (χ4v) is 3.80. The zero-order valence-electron chi connectivity index (χ0n) is 11.9. The van der Waals surface area contributed by atoms with Crippen LogP contribution >= 0.6 is 0 Å². The number of sulfonamides is 1. The molecule has 0 saturated carbocycles. The number of nitrogens with zero attached hydrogens (tertiary/aromatic N) is 1. The molecule has 2 rings (SSSR count). The summed E-state index contributed by atoms with van der Waals surface area (Å²) in [7, 11) is -3.45. The van der Waals surface area contributed by atoms with Crippen molar-refractivity contribution in [3.05, 3.63) is 29.3 Å². The number of nitrogens with two attached hydrogens (primary N) is 1. The number of aryl methyl sites for hydroxylation is 1. The summed E-state index contributed by atoms with van der Waals surface area (Å²) in [5.41, 5.74) is 7.15. The minimum absolute atomic E-state index is 0.335. The normalized spacial score (nSPS) is 16.7. The van der Waals surface area contributed by atoms with Gasteiger partial charge >= 0.3 is 0 Å². The van der Waals surface area contributed by atoms with Crippen molar-refractivity contribution < 1.29 is 8.42 Å². The van der Waals surface area contributed by atoms with Crippen LogP contribution in [0, 0.1) is 6.92 Å². The molecule has 1 aliphatic rings. The molecule has 1 fully saturated rings. The molecule has 0 bridgehead atoms. The third kappa shape index (κ3) is 3.79. The first kappa shape index (κ1) is 15.4. The van der Waals surface area contributed by atoms with Gasteiger partial charge in [-0.05, 0) is 50.0 Å². The average Bonchev–Trinajstić information content (AvgIpc) is 2.92. The van der Waals surface area contributed by atoms with Gasteiger partial charge in [-0.15, -0.1) is 0 Å². The molecule has 112 valence electrons. The van der Waals surface area contributed by atoms with Gasteiger partial charge in [-0.2, -0.15) is 0 Å². The molecular formula is C14H23N3O2S. The fraction of sp³-hybridized carbons (Fsp3) is 0.571. The highest BCUT2D eigenvalue weighted by molar-refractivity contribution is 7.89. The van der Waals surface area contributed by atoms with Crippen molar-refractivity contribution in [1.82, 2.24) is 9.62 Å². The zero-order chi connectivity index (χ0) is 14.6. The number of benzene rings is 1. The Hall–Kier alpha value is -0.950. The smallest absolute Gasteiger partial charge is 0.240 e. The molecule has 1 aromatic rings. The molecular weight excluding hydrogens is 274 g/mol. The van der Waals surface area contributed by atoms with E-state index in [1.165, 1.54) is 12.8 Å². The predicted molar refractivity (Wildman–Crippen MR) is 79.9 cm³/mol. The van der Waals surface area contributed by atoms with E-state index in [4.69, 9.17) is 5.73 Å². The van der Waals surface area contributed by atoms with E-state index < -0.39 is 10.0 Å². The van der Waals surface area contributed by atoms with Crippen molar-refractivity contribution in [1.29, 1.82) is 0 Å². The Balaban J connectivity index is 2.01. The first-order valence-electron chi connectivity index (χ1n) is 7.04. The lowest BCUT2D eigenvalue weighted by Gasteiger charge is -2.15. The van der Waals surface area contributed by atoms with E-state index in [0.717, 1.165) is 30.8 Å². The van der Waals surface area contributed by atoms with Crippen LogP contribution in [-0.2, 0) is 16.6 Å². The highest BCUT2D eigenvalue weighted by Crippen LogP contribution is 2.16. The van der Waals surface area contributed by atoms with Gasteiger partial charge < -0.3 is 10.6 Å². The topological polar surface area (TPSA) is 75.4 Å². The van der Waals surface area contributed by atoms with Gasteiger partial charge in [-0.3, -0.25) is 0 Å². The van der Waals surface area contributed by atoms with Crippen LogP contribution in [0.25, 0.3) is 0 Å². The van der Waals surface area contributed by atoms with Crippen LogP contribution < -0.4 is 10.5 Å². The van der Waals surface area contributed by atoms with E-state index in [0.29, 0.717) is 18.0 Å². The van der Waals surface area contributed by atoms with E-state index in [2.05, 4.69) is 9.62 Å². The second-order valence-corrected chi connectivity index (χ2v) is 6.99. The van der Waals surface area contributed by atoms with Gasteiger partial charge in [0.05, 0.1) is 4.90 Å². The lowest BCUT2D eigenvalue weighted by molar-refractivity contribution is 0.344. The Bertz CT molecular complexity index is 552. The summed E-state index contributed by atoms with van der Waals surface area (Å²) in [6.07, 6.45) is 2.43. The number of likely N-dealkylation sites (tertiary alicyclic amines) is 1. The van der Waals surface area contributed by atoms with Crippen LogP contribution in [0.2, 0.25) is 0 Å². The van der Waals surface area contributed by atoms with E-state index >= 15 is 0 Å². The van der Waals surface area contributed by atoms with Gasteiger partial charge in [0, 0.05) is 19.6 Å². The van der Waals surface area contributed by atoms with Crippen molar-refractivity contribution in [2.75, 3.05) is 26.2 Å². The second kappa shape index (κ2) is 6.67. The largest absolute Gasteiger partial charge is 0.326 e. The molecule has 1 aliphatic heterocycles. The molecule has 0 radical (unpaired) electrons. The van der Waals surface area contributed by atoms with E-state index in [9.17, 15) is 8.42 Å². The lowest BCUT2D eigenvalue weighted by atomic mass is 10.1. The molecule has 3 N–H and O–H groups in total. The molecule has 1 aromatic carbocycles. The summed E-state index contributed by atoms with van der Waals surface area (Å²) in [5, 5.41) is 0. The molecule has 0 unspecified atom stereocenters. The van der Waals surface area contributed by atoms with Crippen LogP contribution in [0.15, 0.2) is 23.1 Å². The first-order valence-corrected chi connectivity index (χ1v) is 8.53. The maximum atomic E-state index is 12.3. The number of hydrogen-bond donors (Lipinski definition) is 2. The monoisotopic (exact) mass is 297 g/mol. The number of nitrogens with one attached hydrogen (secondary N) is 1. The number of rotatable bonds is 6. The summed E-state index contributed by atoms with van der Waals surface area (Å²) >= 11 is 0. The fourth-order valence-electron chi connectivity index (χ4n) is 2.48. The van der Waals surface area contributed by atoms with E-state index in [1.54, 1.807) is 19.1 Å². The Morgan fingerprint density at radius 3 is 2.65 bits per heavy atom. The van der Waals surface area contributed by atoms with E-state index in [1.807, 2.05) is 6.07 Å². The van der Waals surface area contributed by atoms with Crippen LogP contribution in [0.5, 0.6) is 0 Å². The minimum atomic E-state index is -3.45. The zero-order valence-corrected chi connectivity index (χ0v) is 12.7. The Morgan fingerprint density at radius 1 is 1.30 bits per heavy atom. The third-order valence-electron chi connectivity index (χ3n) is 3.70. The average molecular weight is 297 g/mol. The van der Waals surface area contributed by atoms with Gasteiger partial charge in [0.15, 0.2) is 0 Å². The van der Waals surface area contributed by atoms with Crippen LogP contribution in [0.1, 0.15) is 24.0 Å². The standard InChI is InChI=1S/C14H23N3O2S/c1-12-4-5-13(11-15)10-14(12)20(18,19)16-6-9-17-7-2-3-8-17/h4-5,10,16H,2-3,6-9,11,15H2,1H3.